The zero-order chi connectivity index (χ0) is 14.9. The summed E-state index contributed by atoms with van der Waals surface area (Å²) < 4.78 is 19.3. The molecule has 1 fully saturated rings. The Morgan fingerprint density at radius 2 is 1.82 bits per heavy atom. The van der Waals surface area contributed by atoms with Crippen molar-refractivity contribution in [2.24, 2.45) is 0 Å². The minimum Gasteiger partial charge on any atom is -0.420 e. The molecule has 4 rings (SSSR count). The van der Waals surface area contributed by atoms with Crippen molar-refractivity contribution in [3.63, 3.8) is 0 Å². The van der Waals surface area contributed by atoms with Gasteiger partial charge in [-0.3, -0.25) is 0 Å². The van der Waals surface area contributed by atoms with Crippen LogP contribution in [0.1, 0.15) is 0 Å². The summed E-state index contributed by atoms with van der Waals surface area (Å²) in [4.78, 5) is 8.64. The van der Waals surface area contributed by atoms with E-state index in [1.165, 1.54) is 6.07 Å². The Hall–Kier alpha value is -2.70. The van der Waals surface area contributed by atoms with E-state index < -0.39 is 0 Å². The lowest BCUT2D eigenvalue weighted by Crippen LogP contribution is -2.46. The fourth-order valence-corrected chi connectivity index (χ4v) is 2.67. The van der Waals surface area contributed by atoms with Crippen LogP contribution in [0.5, 0.6) is 0 Å². The Kier molecular flexibility index (Phi) is 3.10. The highest BCUT2D eigenvalue weighted by Crippen LogP contribution is 2.25. The van der Waals surface area contributed by atoms with Gasteiger partial charge in [0.15, 0.2) is 11.4 Å². The molecule has 0 saturated carbocycles. The minimum absolute atomic E-state index is 0.221. The van der Waals surface area contributed by atoms with Crippen LogP contribution in [0.4, 0.5) is 16.1 Å². The lowest BCUT2D eigenvalue weighted by Gasteiger charge is -2.34. The van der Waals surface area contributed by atoms with Gasteiger partial charge in [-0.15, -0.1) is 0 Å². The van der Waals surface area contributed by atoms with Crippen LogP contribution in [-0.4, -0.2) is 41.4 Å². The maximum atomic E-state index is 13.7. The van der Waals surface area contributed by atoms with Gasteiger partial charge in [-0.05, 0) is 18.2 Å². The molecule has 0 N–H and O–H groups in total. The largest absolute Gasteiger partial charge is 0.420 e. The monoisotopic (exact) mass is 299 g/mol. The van der Waals surface area contributed by atoms with Gasteiger partial charge in [0.1, 0.15) is 5.52 Å². The molecule has 1 aromatic carbocycles. The maximum Gasteiger partial charge on any atom is 0.298 e. The van der Waals surface area contributed by atoms with Gasteiger partial charge in [0, 0.05) is 26.2 Å². The van der Waals surface area contributed by atoms with E-state index in [0.717, 1.165) is 31.9 Å². The molecular weight excluding hydrogens is 285 g/mol. The van der Waals surface area contributed by atoms with E-state index in [1.54, 1.807) is 24.5 Å². The molecule has 22 heavy (non-hydrogen) atoms. The van der Waals surface area contributed by atoms with Crippen molar-refractivity contribution in [1.82, 2.24) is 15.2 Å². The molecule has 6 nitrogen and oxygen atoms in total. The van der Waals surface area contributed by atoms with Gasteiger partial charge in [0.25, 0.3) is 6.01 Å². The van der Waals surface area contributed by atoms with Crippen LogP contribution in [-0.2, 0) is 0 Å². The summed E-state index contributed by atoms with van der Waals surface area (Å²) >= 11 is 0. The molecule has 2 aromatic heterocycles. The summed E-state index contributed by atoms with van der Waals surface area (Å²) in [6, 6.07) is 7.19. The van der Waals surface area contributed by atoms with Crippen LogP contribution in [0, 0.1) is 5.82 Å². The van der Waals surface area contributed by atoms with Crippen LogP contribution in [0.2, 0.25) is 0 Å². The highest BCUT2D eigenvalue weighted by Gasteiger charge is 2.22. The van der Waals surface area contributed by atoms with Gasteiger partial charge in [-0.2, -0.15) is 15.2 Å². The second-order valence-electron chi connectivity index (χ2n) is 5.16. The van der Waals surface area contributed by atoms with Gasteiger partial charge in [-0.1, -0.05) is 6.07 Å². The van der Waals surface area contributed by atoms with Gasteiger partial charge < -0.3 is 14.2 Å². The summed E-state index contributed by atoms with van der Waals surface area (Å²) in [5.41, 5.74) is 1.83. The van der Waals surface area contributed by atoms with E-state index in [0.29, 0.717) is 11.5 Å². The van der Waals surface area contributed by atoms with E-state index in [1.807, 2.05) is 11.0 Å². The predicted molar refractivity (Wildman–Crippen MR) is 80.4 cm³/mol. The quantitative estimate of drug-likeness (QED) is 0.722. The molecule has 7 heteroatoms. The molecule has 0 unspecified atom stereocenters. The van der Waals surface area contributed by atoms with Gasteiger partial charge in [0.05, 0.1) is 18.1 Å². The zero-order valence-corrected chi connectivity index (χ0v) is 11.8. The van der Waals surface area contributed by atoms with Crippen molar-refractivity contribution in [2.75, 3.05) is 36.0 Å². The molecule has 112 valence electrons. The Morgan fingerprint density at radius 1 is 1.00 bits per heavy atom. The van der Waals surface area contributed by atoms with Crippen molar-refractivity contribution >= 4 is 22.8 Å². The highest BCUT2D eigenvalue weighted by atomic mass is 19.1. The summed E-state index contributed by atoms with van der Waals surface area (Å²) in [7, 11) is 0. The van der Waals surface area contributed by atoms with E-state index in [-0.39, 0.29) is 11.4 Å². The van der Waals surface area contributed by atoms with Crippen LogP contribution < -0.4 is 9.80 Å². The molecule has 0 spiro atoms. The highest BCUT2D eigenvalue weighted by molar-refractivity contribution is 5.75. The molecule has 3 aromatic rings. The molecule has 0 aliphatic carbocycles. The third kappa shape index (κ3) is 2.24. The molecule has 1 saturated heterocycles. The second kappa shape index (κ2) is 5.25. The number of fused-ring (bicyclic) bond motifs is 1. The van der Waals surface area contributed by atoms with E-state index in [4.69, 9.17) is 4.42 Å². The third-order valence-corrected chi connectivity index (χ3v) is 3.84. The first-order valence-electron chi connectivity index (χ1n) is 7.13. The number of oxazole rings is 1. The zero-order valence-electron chi connectivity index (χ0n) is 11.8. The number of anilines is 2. The number of hydrogen-bond acceptors (Lipinski definition) is 6. The van der Waals surface area contributed by atoms with Crippen molar-refractivity contribution < 1.29 is 8.81 Å². The van der Waals surface area contributed by atoms with Crippen LogP contribution in [0.25, 0.3) is 11.1 Å². The number of aromatic nitrogens is 3. The Bertz CT molecular complexity index is 783. The molecule has 1 aliphatic rings. The summed E-state index contributed by atoms with van der Waals surface area (Å²) in [6.07, 6.45) is 3.44. The summed E-state index contributed by atoms with van der Waals surface area (Å²) in [6.45, 7) is 3.17. The normalized spacial score (nSPS) is 15.5. The number of piperazine rings is 1. The molecule has 3 heterocycles. The molecule has 0 amide bonds. The van der Waals surface area contributed by atoms with Crippen molar-refractivity contribution in [3.05, 3.63) is 42.5 Å². The Labute approximate surface area is 126 Å². The van der Waals surface area contributed by atoms with Gasteiger partial charge in [0.2, 0.25) is 0 Å². The van der Waals surface area contributed by atoms with E-state index >= 15 is 0 Å². The Morgan fingerprint density at radius 3 is 2.55 bits per heavy atom. The van der Waals surface area contributed by atoms with Crippen molar-refractivity contribution in [3.8, 4) is 0 Å². The number of hydrogen-bond donors (Lipinski definition) is 0. The second-order valence-corrected chi connectivity index (χ2v) is 5.16. The number of para-hydroxylation sites is 1. The first kappa shape index (κ1) is 13.0. The molecule has 0 atom stereocenters. The van der Waals surface area contributed by atoms with E-state index in [9.17, 15) is 4.39 Å². The lowest BCUT2D eigenvalue weighted by molar-refractivity contribution is 0.522. The van der Waals surface area contributed by atoms with Crippen LogP contribution >= 0.6 is 0 Å². The number of rotatable bonds is 2. The number of benzene rings is 1. The average Bonchev–Trinajstić information content (AvgIpc) is 3.02. The third-order valence-electron chi connectivity index (χ3n) is 3.84. The number of nitrogens with zero attached hydrogens (tertiary/aromatic N) is 5. The minimum atomic E-state index is -0.377. The molecule has 0 radical (unpaired) electrons. The maximum absolute atomic E-state index is 13.7. The van der Waals surface area contributed by atoms with Crippen molar-refractivity contribution in [2.45, 2.75) is 0 Å². The van der Waals surface area contributed by atoms with Crippen molar-refractivity contribution in [1.29, 1.82) is 0 Å². The topological polar surface area (TPSA) is 58.3 Å². The summed E-state index contributed by atoms with van der Waals surface area (Å²) in [5, 5.41) is 7.69. The molecule has 0 bridgehead atoms. The fourth-order valence-electron chi connectivity index (χ4n) is 2.67. The smallest absolute Gasteiger partial charge is 0.298 e. The molecular formula is C15H14FN5O. The fraction of sp³-hybridized carbons (Fsp3) is 0.267. The van der Waals surface area contributed by atoms with E-state index in [2.05, 4.69) is 20.1 Å². The van der Waals surface area contributed by atoms with Gasteiger partial charge in [-0.25, -0.2) is 4.39 Å². The van der Waals surface area contributed by atoms with Crippen LogP contribution in [0.3, 0.4) is 0 Å². The summed E-state index contributed by atoms with van der Waals surface area (Å²) in [5.74, 6) is -0.377. The van der Waals surface area contributed by atoms with Gasteiger partial charge >= 0.3 is 0 Å². The van der Waals surface area contributed by atoms with Crippen LogP contribution in [0.15, 0.2) is 41.1 Å². The SMILES string of the molecule is Fc1cccc2nc(N3CCN(c4ccnnc4)CC3)oc12. The average molecular weight is 299 g/mol. The number of halogens is 1. The predicted octanol–water partition coefficient (Wildman–Crippen LogP) is 2.08. The Balaban J connectivity index is 1.52. The standard InChI is InChI=1S/C15H14FN5O/c16-12-2-1-3-13-14(12)22-15(19-13)21-8-6-20(7-9-21)11-4-5-17-18-10-11/h1-5,10H,6-9H2. The lowest BCUT2D eigenvalue weighted by atomic mass is 10.3. The first-order valence-corrected chi connectivity index (χ1v) is 7.13. The first-order chi connectivity index (χ1) is 10.8. The molecule has 1 aliphatic heterocycles.